The summed E-state index contributed by atoms with van der Waals surface area (Å²) in [4.78, 5) is 44.5. The van der Waals surface area contributed by atoms with E-state index in [2.05, 4.69) is 15.5 Å². The normalized spacial score (nSPS) is 17.0. The van der Waals surface area contributed by atoms with Gasteiger partial charge in [-0.25, -0.2) is 4.79 Å². The first-order chi connectivity index (χ1) is 16.3. The largest absolute Gasteiger partial charge is 0.369 e. The Morgan fingerprint density at radius 2 is 1.71 bits per heavy atom. The predicted molar refractivity (Wildman–Crippen MR) is 136 cm³/mol. The van der Waals surface area contributed by atoms with Crippen LogP contribution in [0.1, 0.15) is 70.2 Å². The van der Waals surface area contributed by atoms with Crippen molar-refractivity contribution in [1.29, 1.82) is 0 Å². The minimum absolute atomic E-state index is 0.0318. The summed E-state index contributed by atoms with van der Waals surface area (Å²) in [5.74, 6) is 0.0823. The Kier molecular flexibility index (Phi) is 9.19. The average molecular weight is 472 g/mol. The number of carbonyl (C=O) groups is 3. The van der Waals surface area contributed by atoms with E-state index in [1.807, 2.05) is 55.7 Å². The summed E-state index contributed by atoms with van der Waals surface area (Å²) >= 11 is 0. The van der Waals surface area contributed by atoms with E-state index in [1.165, 1.54) is 0 Å². The summed E-state index contributed by atoms with van der Waals surface area (Å²) in [6.07, 6.45) is 4.89. The smallest absolute Gasteiger partial charge is 0.317 e. The molecule has 1 heterocycles. The second kappa shape index (κ2) is 12.1. The summed E-state index contributed by atoms with van der Waals surface area (Å²) < 4.78 is 0. The number of anilines is 2. The molecule has 8 nitrogen and oxygen atoms in total. The quantitative estimate of drug-likeness (QED) is 0.631. The third-order valence-electron chi connectivity index (χ3n) is 6.81. The van der Waals surface area contributed by atoms with E-state index in [4.69, 9.17) is 0 Å². The number of urea groups is 1. The highest BCUT2D eigenvalue weighted by molar-refractivity contribution is 6.02. The number of nitrogens with one attached hydrogen (secondary N) is 2. The van der Waals surface area contributed by atoms with Crippen molar-refractivity contribution in [3.8, 4) is 0 Å². The summed E-state index contributed by atoms with van der Waals surface area (Å²) in [6.45, 7) is 11.8. The molecule has 4 amide bonds. The van der Waals surface area contributed by atoms with Crippen LogP contribution >= 0.6 is 0 Å². The lowest BCUT2D eigenvalue weighted by Crippen LogP contribution is -2.44. The van der Waals surface area contributed by atoms with Crippen molar-refractivity contribution in [3.63, 3.8) is 0 Å². The molecule has 1 saturated heterocycles. The Hall–Kier alpha value is -2.77. The number of amides is 4. The fraction of sp³-hybridized carbons (Fsp3) is 0.654. The Bertz CT molecular complexity index is 862. The number of benzene rings is 1. The van der Waals surface area contributed by atoms with E-state index in [0.717, 1.165) is 44.3 Å². The van der Waals surface area contributed by atoms with Gasteiger partial charge in [0.15, 0.2) is 0 Å². The first-order valence-corrected chi connectivity index (χ1v) is 12.9. The first kappa shape index (κ1) is 25.8. The molecule has 0 bridgehead atoms. The number of rotatable bonds is 7. The van der Waals surface area contributed by atoms with Crippen LogP contribution in [0.2, 0.25) is 0 Å². The van der Waals surface area contributed by atoms with Crippen LogP contribution in [0.4, 0.5) is 16.2 Å². The maximum atomic E-state index is 13.5. The van der Waals surface area contributed by atoms with Crippen molar-refractivity contribution in [2.24, 2.45) is 5.92 Å². The van der Waals surface area contributed by atoms with Crippen molar-refractivity contribution >= 4 is 29.2 Å². The maximum Gasteiger partial charge on any atom is 0.317 e. The SMILES string of the molecule is CCN(CC)C(=O)c1cc(NC(=O)C2CCCC2)ccc1N1CCCN(C(=O)NC(C)C)CC1. The minimum Gasteiger partial charge on any atom is -0.369 e. The number of hydrogen-bond acceptors (Lipinski definition) is 4. The summed E-state index contributed by atoms with van der Waals surface area (Å²) in [7, 11) is 0. The van der Waals surface area contributed by atoms with Gasteiger partial charge in [-0.3, -0.25) is 9.59 Å². The predicted octanol–water partition coefficient (Wildman–Crippen LogP) is 3.93. The van der Waals surface area contributed by atoms with Crippen LogP contribution < -0.4 is 15.5 Å². The standard InChI is InChI=1S/C26H41N5O3/c1-5-29(6-2)25(33)22-18-21(28-24(32)20-10-7-8-11-20)12-13-23(22)30-14-9-15-31(17-16-30)26(34)27-19(3)4/h12-13,18-20H,5-11,14-17H2,1-4H3,(H,27,34)(H,28,32). The molecule has 2 aliphatic rings. The third-order valence-corrected chi connectivity index (χ3v) is 6.81. The Morgan fingerprint density at radius 1 is 1.00 bits per heavy atom. The molecule has 188 valence electrons. The summed E-state index contributed by atoms with van der Waals surface area (Å²) in [5.41, 5.74) is 2.14. The van der Waals surface area contributed by atoms with Crippen LogP contribution in [0.3, 0.4) is 0 Å². The molecule has 8 heteroatoms. The minimum atomic E-state index is -0.0405. The highest BCUT2D eigenvalue weighted by atomic mass is 16.2. The van der Waals surface area contributed by atoms with Crippen molar-refractivity contribution in [2.75, 3.05) is 49.5 Å². The summed E-state index contributed by atoms with van der Waals surface area (Å²) in [5, 5.41) is 6.02. The van der Waals surface area contributed by atoms with Crippen LogP contribution in [0.15, 0.2) is 18.2 Å². The molecule has 2 fully saturated rings. The fourth-order valence-corrected chi connectivity index (χ4v) is 4.87. The van der Waals surface area contributed by atoms with Crippen LogP contribution in [-0.4, -0.2) is 73.0 Å². The molecule has 0 spiro atoms. The van der Waals surface area contributed by atoms with E-state index in [0.29, 0.717) is 44.0 Å². The van der Waals surface area contributed by atoms with E-state index < -0.39 is 0 Å². The van der Waals surface area contributed by atoms with Gasteiger partial charge < -0.3 is 25.3 Å². The van der Waals surface area contributed by atoms with Crippen molar-refractivity contribution in [1.82, 2.24) is 15.1 Å². The number of hydrogen-bond donors (Lipinski definition) is 2. The van der Waals surface area contributed by atoms with Crippen LogP contribution in [0.5, 0.6) is 0 Å². The lowest BCUT2D eigenvalue weighted by molar-refractivity contribution is -0.119. The zero-order valence-electron chi connectivity index (χ0n) is 21.2. The zero-order valence-corrected chi connectivity index (χ0v) is 21.2. The number of nitrogens with zero attached hydrogens (tertiary/aromatic N) is 3. The molecule has 0 radical (unpaired) electrons. The molecule has 1 saturated carbocycles. The van der Waals surface area contributed by atoms with Crippen molar-refractivity contribution < 1.29 is 14.4 Å². The van der Waals surface area contributed by atoms with Gasteiger partial charge in [-0.05, 0) is 65.2 Å². The van der Waals surface area contributed by atoms with E-state index in [1.54, 1.807) is 0 Å². The van der Waals surface area contributed by atoms with Gasteiger partial charge in [0.05, 0.1) is 5.56 Å². The highest BCUT2D eigenvalue weighted by Gasteiger charge is 2.26. The van der Waals surface area contributed by atoms with Gasteiger partial charge in [0.2, 0.25) is 5.91 Å². The second-order valence-corrected chi connectivity index (χ2v) is 9.61. The van der Waals surface area contributed by atoms with Gasteiger partial charge in [-0.15, -0.1) is 0 Å². The van der Waals surface area contributed by atoms with E-state index >= 15 is 0 Å². The highest BCUT2D eigenvalue weighted by Crippen LogP contribution is 2.29. The Labute approximate surface area is 204 Å². The molecule has 1 aliphatic heterocycles. The molecular weight excluding hydrogens is 430 g/mol. The van der Waals surface area contributed by atoms with Crippen molar-refractivity contribution in [3.05, 3.63) is 23.8 Å². The summed E-state index contributed by atoms with van der Waals surface area (Å²) in [6, 6.07) is 5.73. The molecular formula is C26H41N5O3. The maximum absolute atomic E-state index is 13.5. The molecule has 0 aromatic heterocycles. The van der Waals surface area contributed by atoms with Crippen LogP contribution in [0.25, 0.3) is 0 Å². The molecule has 1 aromatic rings. The molecule has 34 heavy (non-hydrogen) atoms. The van der Waals surface area contributed by atoms with Gasteiger partial charge >= 0.3 is 6.03 Å². The number of carbonyl (C=O) groups excluding carboxylic acids is 3. The van der Waals surface area contributed by atoms with Crippen LogP contribution in [-0.2, 0) is 4.79 Å². The molecule has 3 rings (SSSR count). The molecule has 1 aromatic carbocycles. The Balaban J connectivity index is 1.82. The average Bonchev–Trinajstić information content (AvgIpc) is 3.24. The van der Waals surface area contributed by atoms with E-state index in [-0.39, 0.29) is 29.8 Å². The Morgan fingerprint density at radius 3 is 2.35 bits per heavy atom. The third kappa shape index (κ3) is 6.42. The first-order valence-electron chi connectivity index (χ1n) is 12.9. The molecule has 1 aliphatic carbocycles. The molecule has 0 unspecified atom stereocenters. The van der Waals surface area contributed by atoms with Gasteiger partial charge in [-0.2, -0.15) is 0 Å². The molecule has 0 atom stereocenters. The monoisotopic (exact) mass is 471 g/mol. The topological polar surface area (TPSA) is 85.0 Å². The van der Waals surface area contributed by atoms with Gasteiger partial charge in [0.1, 0.15) is 0 Å². The van der Waals surface area contributed by atoms with E-state index in [9.17, 15) is 14.4 Å². The van der Waals surface area contributed by atoms with Crippen LogP contribution in [0, 0.1) is 5.92 Å². The zero-order chi connectivity index (χ0) is 24.7. The lowest BCUT2D eigenvalue weighted by Gasteiger charge is -2.28. The fourth-order valence-electron chi connectivity index (χ4n) is 4.87. The van der Waals surface area contributed by atoms with Gasteiger partial charge in [-0.1, -0.05) is 12.8 Å². The van der Waals surface area contributed by atoms with Gasteiger partial charge in [0, 0.05) is 62.6 Å². The van der Waals surface area contributed by atoms with Gasteiger partial charge in [0.25, 0.3) is 5.91 Å². The van der Waals surface area contributed by atoms with Crippen molar-refractivity contribution in [2.45, 2.75) is 65.8 Å². The second-order valence-electron chi connectivity index (χ2n) is 9.61. The molecule has 2 N–H and O–H groups in total. The lowest BCUT2D eigenvalue weighted by atomic mass is 10.1.